The number of nitrogens with one attached hydrogen (secondary N) is 1. The van der Waals surface area contributed by atoms with Crippen LogP contribution in [0, 0.1) is 0 Å². The molecule has 6 nitrogen and oxygen atoms in total. The average molecular weight is 326 g/mol. The summed E-state index contributed by atoms with van der Waals surface area (Å²) in [6, 6.07) is 14.0. The van der Waals surface area contributed by atoms with Crippen molar-refractivity contribution in [1.82, 2.24) is 0 Å². The topological polar surface area (TPSA) is 90.7 Å². The van der Waals surface area contributed by atoms with Crippen LogP contribution in [0.3, 0.4) is 0 Å². The molecular formula is C18H18N2O4. The molecule has 6 heteroatoms. The predicted octanol–water partition coefficient (Wildman–Crippen LogP) is 2.21. The highest BCUT2D eigenvalue weighted by molar-refractivity contribution is 6.01. The zero-order valence-electron chi connectivity index (χ0n) is 13.2. The third-order valence-electron chi connectivity index (χ3n) is 3.05. The number of anilines is 1. The van der Waals surface area contributed by atoms with Crippen LogP contribution < -0.4 is 20.5 Å². The first kappa shape index (κ1) is 17.1. The summed E-state index contributed by atoms with van der Waals surface area (Å²) in [5, 5.41) is 2.75. The normalized spacial score (nSPS) is 10.4. The van der Waals surface area contributed by atoms with Crippen LogP contribution in [-0.2, 0) is 9.59 Å². The Labute approximate surface area is 139 Å². The van der Waals surface area contributed by atoms with Gasteiger partial charge < -0.3 is 20.5 Å². The Morgan fingerprint density at radius 2 is 1.67 bits per heavy atom. The van der Waals surface area contributed by atoms with Crippen molar-refractivity contribution in [2.45, 2.75) is 0 Å². The van der Waals surface area contributed by atoms with Gasteiger partial charge in [-0.3, -0.25) is 9.59 Å². The number of primary amides is 1. The second-order valence-corrected chi connectivity index (χ2v) is 4.88. The Hall–Kier alpha value is -3.28. The molecule has 2 aromatic carbocycles. The summed E-state index contributed by atoms with van der Waals surface area (Å²) in [5.74, 6) is 0.485. The number of rotatable bonds is 7. The first-order valence-electron chi connectivity index (χ1n) is 7.21. The molecule has 0 atom stereocenters. The standard InChI is InChI=1S/C18H18N2O4/c1-23-15-9-5-14(6-10-15)20-18(22)11-4-13-2-7-16(8-3-13)24-12-17(19)21/h2-11H,12H2,1H3,(H2,19,21)(H,20,22)/b11-4+. The molecule has 3 N–H and O–H groups in total. The van der Waals surface area contributed by atoms with Crippen LogP contribution in [-0.4, -0.2) is 25.5 Å². The number of amides is 2. The zero-order chi connectivity index (χ0) is 17.4. The molecule has 0 aromatic heterocycles. The minimum absolute atomic E-state index is 0.167. The van der Waals surface area contributed by atoms with E-state index in [2.05, 4.69) is 5.32 Å². The monoisotopic (exact) mass is 326 g/mol. The van der Waals surface area contributed by atoms with Gasteiger partial charge in [-0.05, 0) is 48.0 Å². The van der Waals surface area contributed by atoms with E-state index in [4.69, 9.17) is 15.2 Å². The van der Waals surface area contributed by atoms with E-state index in [0.717, 1.165) is 11.3 Å². The molecule has 2 amide bonds. The molecule has 2 aromatic rings. The average Bonchev–Trinajstić information content (AvgIpc) is 2.59. The molecular weight excluding hydrogens is 308 g/mol. The van der Waals surface area contributed by atoms with E-state index in [9.17, 15) is 9.59 Å². The summed E-state index contributed by atoms with van der Waals surface area (Å²) in [7, 11) is 1.58. The number of nitrogens with two attached hydrogens (primary N) is 1. The molecule has 0 unspecified atom stereocenters. The molecule has 0 aliphatic rings. The van der Waals surface area contributed by atoms with Crippen LogP contribution >= 0.6 is 0 Å². The van der Waals surface area contributed by atoms with Gasteiger partial charge in [-0.15, -0.1) is 0 Å². The molecule has 0 aliphatic carbocycles. The van der Waals surface area contributed by atoms with E-state index in [1.165, 1.54) is 6.08 Å². The number of methoxy groups -OCH3 is 1. The maximum Gasteiger partial charge on any atom is 0.255 e. The second-order valence-electron chi connectivity index (χ2n) is 4.88. The van der Waals surface area contributed by atoms with Gasteiger partial charge in [-0.1, -0.05) is 12.1 Å². The molecule has 0 spiro atoms. The summed E-state index contributed by atoms with van der Waals surface area (Å²) in [6.07, 6.45) is 3.11. The Morgan fingerprint density at radius 1 is 1.04 bits per heavy atom. The van der Waals surface area contributed by atoms with Crippen LogP contribution in [0.15, 0.2) is 54.6 Å². The quantitative estimate of drug-likeness (QED) is 0.763. The number of carbonyl (C=O) groups is 2. The van der Waals surface area contributed by atoms with Gasteiger partial charge in [0, 0.05) is 11.8 Å². The van der Waals surface area contributed by atoms with Crippen molar-refractivity contribution in [3.05, 3.63) is 60.2 Å². The lowest BCUT2D eigenvalue weighted by Crippen LogP contribution is -2.19. The molecule has 0 bridgehead atoms. The summed E-state index contributed by atoms with van der Waals surface area (Å²) in [6.45, 7) is -0.167. The number of carbonyl (C=O) groups excluding carboxylic acids is 2. The van der Waals surface area contributed by atoms with Crippen molar-refractivity contribution in [2.75, 3.05) is 19.0 Å². The second kappa shape index (κ2) is 8.38. The predicted molar refractivity (Wildman–Crippen MR) is 91.8 cm³/mol. The largest absolute Gasteiger partial charge is 0.497 e. The van der Waals surface area contributed by atoms with Crippen molar-refractivity contribution < 1.29 is 19.1 Å². The van der Waals surface area contributed by atoms with Gasteiger partial charge in [-0.25, -0.2) is 0 Å². The zero-order valence-corrected chi connectivity index (χ0v) is 13.2. The first-order valence-corrected chi connectivity index (χ1v) is 7.21. The van der Waals surface area contributed by atoms with Crippen molar-refractivity contribution in [1.29, 1.82) is 0 Å². The number of hydrogen-bond acceptors (Lipinski definition) is 4. The van der Waals surface area contributed by atoms with Crippen molar-refractivity contribution >= 4 is 23.6 Å². The van der Waals surface area contributed by atoms with E-state index >= 15 is 0 Å². The Balaban J connectivity index is 1.89. The van der Waals surface area contributed by atoms with Crippen LogP contribution in [0.5, 0.6) is 11.5 Å². The highest BCUT2D eigenvalue weighted by Crippen LogP contribution is 2.15. The minimum atomic E-state index is -0.533. The van der Waals surface area contributed by atoms with Gasteiger partial charge in [0.15, 0.2) is 6.61 Å². The number of ether oxygens (including phenoxy) is 2. The van der Waals surface area contributed by atoms with Gasteiger partial charge in [0.05, 0.1) is 7.11 Å². The smallest absolute Gasteiger partial charge is 0.255 e. The third-order valence-corrected chi connectivity index (χ3v) is 3.05. The van der Waals surface area contributed by atoms with Gasteiger partial charge in [0.1, 0.15) is 11.5 Å². The molecule has 2 rings (SSSR count). The minimum Gasteiger partial charge on any atom is -0.497 e. The van der Waals surface area contributed by atoms with E-state index in [-0.39, 0.29) is 12.5 Å². The molecule has 0 heterocycles. The third kappa shape index (κ3) is 5.49. The van der Waals surface area contributed by atoms with E-state index in [1.807, 2.05) is 0 Å². The Morgan fingerprint density at radius 3 is 2.25 bits per heavy atom. The van der Waals surface area contributed by atoms with Crippen molar-refractivity contribution in [2.24, 2.45) is 5.73 Å². The van der Waals surface area contributed by atoms with E-state index in [0.29, 0.717) is 11.4 Å². The molecule has 0 saturated heterocycles. The fourth-order valence-electron chi connectivity index (χ4n) is 1.86. The first-order chi connectivity index (χ1) is 11.6. The molecule has 0 radical (unpaired) electrons. The molecule has 0 fully saturated rings. The lowest BCUT2D eigenvalue weighted by molar-refractivity contribution is -0.120. The van der Waals surface area contributed by atoms with Crippen molar-refractivity contribution in [3.8, 4) is 11.5 Å². The van der Waals surface area contributed by atoms with Gasteiger partial charge in [0.25, 0.3) is 5.91 Å². The SMILES string of the molecule is COc1ccc(NC(=O)/C=C/c2ccc(OCC(N)=O)cc2)cc1. The van der Waals surface area contributed by atoms with E-state index < -0.39 is 5.91 Å². The summed E-state index contributed by atoms with van der Waals surface area (Å²) in [4.78, 5) is 22.5. The molecule has 24 heavy (non-hydrogen) atoms. The van der Waals surface area contributed by atoms with Crippen LogP contribution in [0.1, 0.15) is 5.56 Å². The fourth-order valence-corrected chi connectivity index (χ4v) is 1.86. The molecule has 0 aliphatic heterocycles. The number of benzene rings is 2. The molecule has 124 valence electrons. The number of hydrogen-bond donors (Lipinski definition) is 2. The Kier molecular flexibility index (Phi) is 5.96. The highest BCUT2D eigenvalue weighted by Gasteiger charge is 2.00. The van der Waals surface area contributed by atoms with Gasteiger partial charge >= 0.3 is 0 Å². The lowest BCUT2D eigenvalue weighted by atomic mass is 10.2. The highest BCUT2D eigenvalue weighted by atomic mass is 16.5. The van der Waals surface area contributed by atoms with Crippen LogP contribution in [0.2, 0.25) is 0 Å². The van der Waals surface area contributed by atoms with E-state index in [1.54, 1.807) is 61.7 Å². The van der Waals surface area contributed by atoms with Crippen LogP contribution in [0.25, 0.3) is 6.08 Å². The summed E-state index contributed by atoms with van der Waals surface area (Å²) < 4.78 is 10.2. The van der Waals surface area contributed by atoms with Gasteiger partial charge in [-0.2, -0.15) is 0 Å². The molecule has 0 saturated carbocycles. The summed E-state index contributed by atoms with van der Waals surface area (Å²) >= 11 is 0. The van der Waals surface area contributed by atoms with Crippen LogP contribution in [0.4, 0.5) is 5.69 Å². The fraction of sp³-hybridized carbons (Fsp3) is 0.111. The van der Waals surface area contributed by atoms with Crippen molar-refractivity contribution in [3.63, 3.8) is 0 Å². The van der Waals surface area contributed by atoms with Gasteiger partial charge in [0.2, 0.25) is 5.91 Å². The maximum absolute atomic E-state index is 11.9. The maximum atomic E-state index is 11.9. The lowest BCUT2D eigenvalue weighted by Gasteiger charge is -2.04. The Bertz CT molecular complexity index is 722. The summed E-state index contributed by atoms with van der Waals surface area (Å²) in [5.41, 5.74) is 6.51.